The van der Waals surface area contributed by atoms with E-state index in [1.807, 2.05) is 0 Å². The molecule has 2 fully saturated rings. The van der Waals surface area contributed by atoms with Crippen LogP contribution in [0.3, 0.4) is 0 Å². The van der Waals surface area contributed by atoms with Gasteiger partial charge in [-0.25, -0.2) is 8.42 Å². The van der Waals surface area contributed by atoms with E-state index in [1.165, 1.54) is 4.31 Å². The molecule has 0 aromatic heterocycles. The van der Waals surface area contributed by atoms with Gasteiger partial charge < -0.3 is 10.1 Å². The van der Waals surface area contributed by atoms with Crippen molar-refractivity contribution < 1.29 is 17.9 Å². The number of rotatable bonds is 2. The number of nitrogens with zero attached hydrogens (tertiary/aromatic N) is 1. The molecule has 2 aliphatic rings. The Kier molecular flexibility index (Phi) is 3.46. The van der Waals surface area contributed by atoms with Crippen LogP contribution in [0.5, 0.6) is 0 Å². The van der Waals surface area contributed by atoms with Gasteiger partial charge >= 0.3 is 0 Å². The van der Waals surface area contributed by atoms with Gasteiger partial charge in [-0.1, -0.05) is 0 Å². The fourth-order valence-electron chi connectivity index (χ4n) is 2.02. The predicted molar refractivity (Wildman–Crippen MR) is 57.3 cm³/mol. The van der Waals surface area contributed by atoms with Crippen molar-refractivity contribution in [3.05, 3.63) is 0 Å². The van der Waals surface area contributed by atoms with Crippen LogP contribution in [0.15, 0.2) is 0 Å². The molecule has 16 heavy (non-hydrogen) atoms. The van der Waals surface area contributed by atoms with Crippen LogP contribution in [-0.2, 0) is 19.6 Å². The van der Waals surface area contributed by atoms with E-state index in [0.29, 0.717) is 39.1 Å². The molecule has 2 heterocycles. The summed E-state index contributed by atoms with van der Waals surface area (Å²) in [6.45, 7) is 1.72. The number of ether oxygens (including phenoxy) is 1. The van der Waals surface area contributed by atoms with Crippen LogP contribution in [-0.4, -0.2) is 56.7 Å². The molecule has 0 radical (unpaired) electrons. The maximum Gasteiger partial charge on any atom is 0.235 e. The second kappa shape index (κ2) is 4.68. The second-order valence-corrected chi connectivity index (χ2v) is 6.25. The highest BCUT2D eigenvalue weighted by atomic mass is 32.2. The summed E-state index contributed by atoms with van der Waals surface area (Å²) in [7, 11) is -3.33. The summed E-state index contributed by atoms with van der Waals surface area (Å²) in [5.74, 6) is -0.220. The van der Waals surface area contributed by atoms with Gasteiger partial charge in [-0.3, -0.25) is 4.79 Å². The Balaban J connectivity index is 2.07. The van der Waals surface area contributed by atoms with Crippen LogP contribution < -0.4 is 5.32 Å². The zero-order valence-corrected chi connectivity index (χ0v) is 9.83. The van der Waals surface area contributed by atoms with Crippen LogP contribution in [0, 0.1) is 0 Å². The fourth-order valence-corrected chi connectivity index (χ4v) is 3.87. The van der Waals surface area contributed by atoms with Crippen LogP contribution >= 0.6 is 0 Å². The minimum absolute atomic E-state index is 0.0420. The van der Waals surface area contributed by atoms with Gasteiger partial charge in [0, 0.05) is 26.3 Å². The molecule has 0 aromatic carbocycles. The van der Waals surface area contributed by atoms with E-state index in [-0.39, 0.29) is 17.7 Å². The summed E-state index contributed by atoms with van der Waals surface area (Å²) in [6, 6.07) is 0. The van der Waals surface area contributed by atoms with Crippen LogP contribution in [0.25, 0.3) is 0 Å². The number of sulfonamides is 1. The maximum absolute atomic E-state index is 12.2. The average molecular weight is 248 g/mol. The molecule has 92 valence electrons. The summed E-state index contributed by atoms with van der Waals surface area (Å²) in [5.41, 5.74) is 0. The Hall–Kier alpha value is -0.660. The maximum atomic E-state index is 12.2. The Morgan fingerprint density at radius 1 is 1.31 bits per heavy atom. The number of carbonyl (C=O) groups is 1. The van der Waals surface area contributed by atoms with Crippen LogP contribution in [0.4, 0.5) is 0 Å². The van der Waals surface area contributed by atoms with E-state index in [0.717, 1.165) is 0 Å². The van der Waals surface area contributed by atoms with Crippen molar-refractivity contribution >= 4 is 15.9 Å². The first kappa shape index (κ1) is 11.8. The molecule has 0 aliphatic carbocycles. The number of amides is 1. The van der Waals surface area contributed by atoms with Crippen LogP contribution in [0.1, 0.15) is 12.8 Å². The molecule has 0 aromatic rings. The first-order chi connectivity index (χ1) is 7.60. The molecule has 0 atom stereocenters. The SMILES string of the molecule is O=C1CN(S(=O)(=O)C2CCOCC2)CCN1. The molecule has 0 spiro atoms. The summed E-state index contributed by atoms with van der Waals surface area (Å²) in [5, 5.41) is 2.23. The van der Waals surface area contributed by atoms with Crippen molar-refractivity contribution in [1.29, 1.82) is 0 Å². The van der Waals surface area contributed by atoms with E-state index in [1.54, 1.807) is 0 Å². The lowest BCUT2D eigenvalue weighted by Gasteiger charge is -2.31. The molecule has 0 unspecified atom stereocenters. The lowest BCUT2D eigenvalue weighted by Crippen LogP contribution is -2.52. The number of carbonyl (C=O) groups excluding carboxylic acids is 1. The molecule has 1 amide bonds. The Bertz CT molecular complexity index is 362. The third-order valence-electron chi connectivity index (χ3n) is 2.95. The monoisotopic (exact) mass is 248 g/mol. The number of hydrogen-bond donors (Lipinski definition) is 1. The summed E-state index contributed by atoms with van der Waals surface area (Å²) < 4.78 is 30.8. The number of piperazine rings is 1. The standard InChI is InChI=1S/C9H16N2O4S/c12-9-7-11(4-3-10-9)16(13,14)8-1-5-15-6-2-8/h8H,1-7H2,(H,10,12). The molecule has 7 heteroatoms. The van der Waals surface area contributed by atoms with E-state index >= 15 is 0 Å². The molecular formula is C9H16N2O4S. The molecule has 2 saturated heterocycles. The second-order valence-electron chi connectivity index (χ2n) is 4.04. The lowest BCUT2D eigenvalue weighted by molar-refractivity contribution is -0.122. The minimum atomic E-state index is -3.33. The van der Waals surface area contributed by atoms with Crippen LogP contribution in [0.2, 0.25) is 0 Å². The zero-order chi connectivity index (χ0) is 11.6. The van der Waals surface area contributed by atoms with Gasteiger partial charge in [-0.15, -0.1) is 0 Å². The molecular weight excluding hydrogens is 232 g/mol. The lowest BCUT2D eigenvalue weighted by atomic mass is 10.2. The average Bonchev–Trinajstić information content (AvgIpc) is 2.30. The highest BCUT2D eigenvalue weighted by Gasteiger charge is 2.35. The van der Waals surface area contributed by atoms with Crippen molar-refractivity contribution in [3.8, 4) is 0 Å². The van der Waals surface area contributed by atoms with Crippen molar-refractivity contribution in [2.45, 2.75) is 18.1 Å². The van der Waals surface area contributed by atoms with Gasteiger partial charge in [0.25, 0.3) is 0 Å². The Morgan fingerprint density at radius 3 is 2.62 bits per heavy atom. The van der Waals surface area contributed by atoms with Crippen molar-refractivity contribution in [2.24, 2.45) is 0 Å². The molecule has 2 rings (SSSR count). The topological polar surface area (TPSA) is 75.7 Å². The van der Waals surface area contributed by atoms with Crippen molar-refractivity contribution in [2.75, 3.05) is 32.8 Å². The Labute approximate surface area is 95.0 Å². The third-order valence-corrected chi connectivity index (χ3v) is 5.30. The summed E-state index contributed by atoms with van der Waals surface area (Å²) >= 11 is 0. The molecule has 0 bridgehead atoms. The molecule has 2 aliphatic heterocycles. The third kappa shape index (κ3) is 2.36. The van der Waals surface area contributed by atoms with E-state index < -0.39 is 10.0 Å². The normalized spacial score (nSPS) is 25.4. The molecule has 1 N–H and O–H groups in total. The van der Waals surface area contributed by atoms with Gasteiger partial charge in [-0.2, -0.15) is 4.31 Å². The predicted octanol–water partition coefficient (Wildman–Crippen LogP) is -1.07. The molecule has 6 nitrogen and oxygen atoms in total. The van der Waals surface area contributed by atoms with Crippen molar-refractivity contribution in [3.63, 3.8) is 0 Å². The fraction of sp³-hybridized carbons (Fsp3) is 0.889. The quantitative estimate of drug-likeness (QED) is 0.675. The van der Waals surface area contributed by atoms with Gasteiger partial charge in [0.2, 0.25) is 15.9 Å². The van der Waals surface area contributed by atoms with Gasteiger partial charge in [0.1, 0.15) is 0 Å². The number of hydrogen-bond acceptors (Lipinski definition) is 4. The van der Waals surface area contributed by atoms with Crippen molar-refractivity contribution in [1.82, 2.24) is 9.62 Å². The zero-order valence-electron chi connectivity index (χ0n) is 9.02. The van der Waals surface area contributed by atoms with E-state index in [4.69, 9.17) is 4.74 Å². The summed E-state index contributed by atoms with van der Waals surface area (Å²) in [4.78, 5) is 11.2. The highest BCUT2D eigenvalue weighted by Crippen LogP contribution is 2.19. The summed E-state index contributed by atoms with van der Waals surface area (Å²) in [6.07, 6.45) is 1.06. The largest absolute Gasteiger partial charge is 0.381 e. The number of nitrogens with one attached hydrogen (secondary N) is 1. The minimum Gasteiger partial charge on any atom is -0.381 e. The Morgan fingerprint density at radius 2 is 2.00 bits per heavy atom. The first-order valence-corrected chi connectivity index (χ1v) is 6.94. The van der Waals surface area contributed by atoms with Gasteiger partial charge in [0.15, 0.2) is 0 Å². The molecule has 0 saturated carbocycles. The van der Waals surface area contributed by atoms with Gasteiger partial charge in [0.05, 0.1) is 11.8 Å². The highest BCUT2D eigenvalue weighted by molar-refractivity contribution is 7.89. The first-order valence-electron chi connectivity index (χ1n) is 5.44. The van der Waals surface area contributed by atoms with Gasteiger partial charge in [-0.05, 0) is 12.8 Å². The van der Waals surface area contributed by atoms with E-state index in [2.05, 4.69) is 5.32 Å². The van der Waals surface area contributed by atoms with E-state index in [9.17, 15) is 13.2 Å². The smallest absolute Gasteiger partial charge is 0.235 e.